The van der Waals surface area contributed by atoms with Crippen molar-refractivity contribution in [3.8, 4) is 11.3 Å². The predicted molar refractivity (Wildman–Crippen MR) is 108 cm³/mol. The zero-order valence-corrected chi connectivity index (χ0v) is 16.7. The number of aliphatic hydroxyl groups excluding tert-OH is 1. The number of amides is 1. The summed E-state index contributed by atoms with van der Waals surface area (Å²) in [7, 11) is 1.75. The quantitative estimate of drug-likeness (QED) is 0.565. The minimum absolute atomic E-state index is 0.263. The van der Waals surface area contributed by atoms with E-state index in [9.17, 15) is 9.90 Å². The third-order valence-corrected chi connectivity index (χ3v) is 5.78. The summed E-state index contributed by atoms with van der Waals surface area (Å²) < 4.78 is 2.04. The van der Waals surface area contributed by atoms with Crippen molar-refractivity contribution in [3.63, 3.8) is 0 Å². The molecule has 0 bridgehead atoms. The number of thiophene rings is 1. The number of halogens is 2. The number of rotatable bonds is 6. The molecule has 9 heteroatoms. The fourth-order valence-corrected chi connectivity index (χ4v) is 4.22. The Morgan fingerprint density at radius 1 is 1.37 bits per heavy atom. The maximum Gasteiger partial charge on any atom is 0.261 e. The van der Waals surface area contributed by atoms with Crippen LogP contribution >= 0.6 is 34.5 Å². The molecule has 142 valence electrons. The summed E-state index contributed by atoms with van der Waals surface area (Å²) >= 11 is 13.7. The average molecular weight is 425 g/mol. The van der Waals surface area contributed by atoms with Crippen LogP contribution in [-0.2, 0) is 7.05 Å². The number of carbonyl (C=O) groups is 1. The average Bonchev–Trinajstić information content (AvgIpc) is 3.21. The number of nitrogens with one attached hydrogen (secondary N) is 1. The van der Waals surface area contributed by atoms with Gasteiger partial charge in [0.25, 0.3) is 5.91 Å². The van der Waals surface area contributed by atoms with E-state index >= 15 is 0 Å². The third-order valence-electron chi connectivity index (χ3n) is 4.14. The SMILES string of the molecule is Cn1ncc(Cl)c1-c1cc(C(=O)NC(c2ccccc2)[C@H](N)CO)sc1Cl. The van der Waals surface area contributed by atoms with Crippen molar-refractivity contribution in [2.75, 3.05) is 6.61 Å². The van der Waals surface area contributed by atoms with Gasteiger partial charge in [-0.05, 0) is 11.6 Å². The summed E-state index contributed by atoms with van der Waals surface area (Å²) in [6, 6.07) is 9.77. The number of hydrogen-bond donors (Lipinski definition) is 3. The van der Waals surface area contributed by atoms with E-state index in [4.69, 9.17) is 28.9 Å². The van der Waals surface area contributed by atoms with E-state index in [2.05, 4.69) is 10.4 Å². The van der Waals surface area contributed by atoms with Gasteiger partial charge in [-0.1, -0.05) is 53.5 Å². The fraction of sp³-hybridized carbons (Fsp3) is 0.222. The van der Waals surface area contributed by atoms with Crippen molar-refractivity contribution in [3.05, 3.63) is 62.4 Å². The minimum Gasteiger partial charge on any atom is -0.395 e. The minimum atomic E-state index is -0.641. The first-order chi connectivity index (χ1) is 12.9. The lowest BCUT2D eigenvalue weighted by molar-refractivity contribution is 0.0927. The van der Waals surface area contributed by atoms with Crippen LogP contribution in [0.1, 0.15) is 21.3 Å². The van der Waals surface area contributed by atoms with E-state index in [1.54, 1.807) is 17.8 Å². The summed E-state index contributed by atoms with van der Waals surface area (Å²) in [4.78, 5) is 13.2. The number of aromatic nitrogens is 2. The summed E-state index contributed by atoms with van der Waals surface area (Å²) in [6.45, 7) is -0.263. The van der Waals surface area contributed by atoms with Gasteiger partial charge in [0.05, 0.1) is 40.5 Å². The van der Waals surface area contributed by atoms with Gasteiger partial charge < -0.3 is 16.2 Å². The first kappa shape index (κ1) is 19.9. The lowest BCUT2D eigenvalue weighted by Gasteiger charge is -2.23. The highest BCUT2D eigenvalue weighted by atomic mass is 35.5. The zero-order valence-electron chi connectivity index (χ0n) is 14.4. The van der Waals surface area contributed by atoms with Crippen molar-refractivity contribution < 1.29 is 9.90 Å². The van der Waals surface area contributed by atoms with E-state index in [1.807, 2.05) is 30.3 Å². The van der Waals surface area contributed by atoms with Crippen molar-refractivity contribution in [1.82, 2.24) is 15.1 Å². The molecule has 2 atom stereocenters. The molecule has 2 aromatic heterocycles. The Hall–Kier alpha value is -1.90. The van der Waals surface area contributed by atoms with Crippen LogP contribution < -0.4 is 11.1 Å². The zero-order chi connectivity index (χ0) is 19.6. The number of nitrogens with zero attached hydrogens (tertiary/aromatic N) is 2. The smallest absolute Gasteiger partial charge is 0.261 e. The van der Waals surface area contributed by atoms with Crippen molar-refractivity contribution >= 4 is 40.4 Å². The molecule has 3 rings (SSSR count). The van der Waals surface area contributed by atoms with Crippen LogP contribution in [-0.4, -0.2) is 33.4 Å². The molecular weight excluding hydrogens is 407 g/mol. The highest BCUT2D eigenvalue weighted by molar-refractivity contribution is 7.18. The molecule has 0 aliphatic carbocycles. The third kappa shape index (κ3) is 4.17. The van der Waals surface area contributed by atoms with Crippen LogP contribution in [0.5, 0.6) is 0 Å². The molecule has 27 heavy (non-hydrogen) atoms. The van der Waals surface area contributed by atoms with Gasteiger partial charge in [-0.2, -0.15) is 5.10 Å². The Balaban J connectivity index is 1.88. The summed E-state index contributed by atoms with van der Waals surface area (Å²) in [5.74, 6) is -0.329. The highest BCUT2D eigenvalue weighted by Gasteiger charge is 2.24. The normalized spacial score (nSPS) is 13.4. The Kier molecular flexibility index (Phi) is 6.18. The fourth-order valence-electron chi connectivity index (χ4n) is 2.77. The van der Waals surface area contributed by atoms with Gasteiger partial charge in [-0.15, -0.1) is 11.3 Å². The Morgan fingerprint density at radius 3 is 2.67 bits per heavy atom. The van der Waals surface area contributed by atoms with Crippen LogP contribution in [0.15, 0.2) is 42.6 Å². The first-order valence-electron chi connectivity index (χ1n) is 8.11. The first-order valence-corrected chi connectivity index (χ1v) is 9.69. The van der Waals surface area contributed by atoms with Crippen molar-refractivity contribution in [2.45, 2.75) is 12.1 Å². The van der Waals surface area contributed by atoms with E-state index in [0.717, 1.165) is 16.9 Å². The van der Waals surface area contributed by atoms with Crippen molar-refractivity contribution in [2.24, 2.45) is 12.8 Å². The lowest BCUT2D eigenvalue weighted by Crippen LogP contribution is -2.42. The number of aliphatic hydroxyl groups is 1. The molecule has 2 heterocycles. The summed E-state index contributed by atoms with van der Waals surface area (Å²) in [5, 5.41) is 16.9. The molecule has 1 amide bonds. The van der Waals surface area contributed by atoms with Gasteiger partial charge in [0.15, 0.2) is 0 Å². The largest absolute Gasteiger partial charge is 0.395 e. The molecule has 0 radical (unpaired) electrons. The van der Waals surface area contributed by atoms with E-state index in [0.29, 0.717) is 25.5 Å². The second kappa shape index (κ2) is 8.41. The standard InChI is InChI=1S/C18H18Cl2N4O2S/c1-24-16(12(19)8-22-24)11-7-14(27-17(11)20)18(26)23-15(13(21)9-25)10-5-3-2-4-6-10/h2-8,13,15,25H,9,21H2,1H3,(H,23,26)/t13-,15?/m1/s1. The number of aryl methyl sites for hydroxylation is 1. The maximum atomic E-state index is 12.8. The van der Waals surface area contributed by atoms with E-state index < -0.39 is 12.1 Å². The topological polar surface area (TPSA) is 93.2 Å². The van der Waals surface area contributed by atoms with Gasteiger partial charge in [0, 0.05) is 12.6 Å². The Bertz CT molecular complexity index is 923. The summed E-state index contributed by atoms with van der Waals surface area (Å²) in [6.07, 6.45) is 1.52. The van der Waals surface area contributed by atoms with Crippen LogP contribution in [0.4, 0.5) is 0 Å². The number of nitrogens with two attached hydrogens (primary N) is 1. The van der Waals surface area contributed by atoms with Gasteiger partial charge in [-0.25, -0.2) is 0 Å². The molecule has 0 spiro atoms. The monoisotopic (exact) mass is 424 g/mol. The Morgan fingerprint density at radius 2 is 2.07 bits per heavy atom. The van der Waals surface area contributed by atoms with Crippen LogP contribution in [0.3, 0.4) is 0 Å². The van der Waals surface area contributed by atoms with E-state index in [1.165, 1.54) is 6.20 Å². The lowest BCUT2D eigenvalue weighted by atomic mass is 10.0. The number of carbonyl (C=O) groups excluding carboxylic acids is 1. The van der Waals surface area contributed by atoms with Crippen LogP contribution in [0.25, 0.3) is 11.3 Å². The molecule has 4 N–H and O–H groups in total. The predicted octanol–water partition coefficient (Wildman–Crippen LogP) is 3.25. The van der Waals surface area contributed by atoms with Gasteiger partial charge in [-0.3, -0.25) is 9.48 Å². The molecule has 0 saturated carbocycles. The maximum absolute atomic E-state index is 12.8. The molecule has 1 unspecified atom stereocenters. The molecule has 0 aliphatic rings. The highest BCUT2D eigenvalue weighted by Crippen LogP contribution is 2.38. The van der Waals surface area contributed by atoms with E-state index in [-0.39, 0.29) is 12.5 Å². The van der Waals surface area contributed by atoms with Gasteiger partial charge in [0.1, 0.15) is 4.34 Å². The molecule has 6 nitrogen and oxygen atoms in total. The molecule has 1 aromatic carbocycles. The second-order valence-corrected chi connectivity index (χ2v) is 8.03. The molecule has 0 saturated heterocycles. The number of benzene rings is 1. The van der Waals surface area contributed by atoms with Gasteiger partial charge in [0.2, 0.25) is 0 Å². The second-order valence-electron chi connectivity index (χ2n) is 5.97. The van der Waals surface area contributed by atoms with Crippen molar-refractivity contribution in [1.29, 1.82) is 0 Å². The summed E-state index contributed by atoms with van der Waals surface area (Å²) in [5.41, 5.74) is 8.10. The molecule has 0 fully saturated rings. The molecule has 3 aromatic rings. The Labute approximate surface area is 170 Å². The number of hydrogen-bond acceptors (Lipinski definition) is 5. The molecule has 0 aliphatic heterocycles. The van der Waals surface area contributed by atoms with Crippen LogP contribution in [0.2, 0.25) is 9.36 Å². The van der Waals surface area contributed by atoms with Crippen LogP contribution in [0, 0.1) is 0 Å². The molecular formula is C18H18Cl2N4O2S. The van der Waals surface area contributed by atoms with Gasteiger partial charge >= 0.3 is 0 Å².